The van der Waals surface area contributed by atoms with Gasteiger partial charge in [0.15, 0.2) is 0 Å². The number of benzene rings is 1. The summed E-state index contributed by atoms with van der Waals surface area (Å²) in [6, 6.07) is 7.38. The fourth-order valence-electron chi connectivity index (χ4n) is 4.00. The standard InChI is InChI=1S/C19H27N5O4S/c1-15-12-23(13-16(2)28-15)29(26,27)22-9-7-21(8-10-22)14-24-19(25)18-6-4-3-5-17(18)11-20-24/h3-6,11,15-16H,7-10,12-14H2,1-2H3. The molecule has 2 aliphatic rings. The Bertz CT molecular complexity index is 1020. The number of nitrogens with zero attached hydrogens (tertiary/aromatic N) is 5. The predicted molar refractivity (Wildman–Crippen MR) is 110 cm³/mol. The van der Waals surface area contributed by atoms with Gasteiger partial charge in [0.05, 0.1) is 30.5 Å². The van der Waals surface area contributed by atoms with Crippen LogP contribution in [0.3, 0.4) is 0 Å². The highest BCUT2D eigenvalue weighted by Gasteiger charge is 2.36. The minimum Gasteiger partial charge on any atom is -0.373 e. The van der Waals surface area contributed by atoms with Crippen LogP contribution in [-0.4, -0.2) is 83.2 Å². The number of piperazine rings is 1. The molecule has 1 aromatic carbocycles. The number of hydrogen-bond donors (Lipinski definition) is 0. The van der Waals surface area contributed by atoms with E-state index in [4.69, 9.17) is 4.74 Å². The van der Waals surface area contributed by atoms with Crippen molar-refractivity contribution < 1.29 is 13.2 Å². The normalized spacial score (nSPS) is 25.4. The Labute approximate surface area is 170 Å². The number of rotatable bonds is 4. The lowest BCUT2D eigenvalue weighted by molar-refractivity contribution is -0.0458. The smallest absolute Gasteiger partial charge is 0.282 e. The molecule has 158 valence electrons. The molecule has 0 N–H and O–H groups in total. The van der Waals surface area contributed by atoms with Crippen LogP contribution in [0.2, 0.25) is 0 Å². The number of morpholine rings is 1. The maximum absolute atomic E-state index is 13.0. The van der Waals surface area contributed by atoms with Crippen molar-refractivity contribution in [3.63, 3.8) is 0 Å². The first kappa shape index (κ1) is 20.4. The molecule has 10 heteroatoms. The van der Waals surface area contributed by atoms with Crippen LogP contribution in [-0.2, 0) is 21.6 Å². The molecule has 2 fully saturated rings. The van der Waals surface area contributed by atoms with Crippen LogP contribution >= 0.6 is 0 Å². The van der Waals surface area contributed by atoms with Crippen molar-refractivity contribution in [3.8, 4) is 0 Å². The lowest BCUT2D eigenvalue weighted by atomic mass is 10.2. The second-order valence-corrected chi connectivity index (χ2v) is 9.71. The van der Waals surface area contributed by atoms with E-state index in [1.54, 1.807) is 12.3 Å². The van der Waals surface area contributed by atoms with Gasteiger partial charge < -0.3 is 4.74 Å². The van der Waals surface area contributed by atoms with E-state index < -0.39 is 10.2 Å². The van der Waals surface area contributed by atoms with Gasteiger partial charge >= 0.3 is 0 Å². The Hall–Kier alpha value is -1.85. The Morgan fingerprint density at radius 3 is 2.38 bits per heavy atom. The minimum absolute atomic E-state index is 0.110. The zero-order valence-corrected chi connectivity index (χ0v) is 17.6. The fourth-order valence-corrected chi connectivity index (χ4v) is 5.75. The van der Waals surface area contributed by atoms with E-state index in [9.17, 15) is 13.2 Å². The third-order valence-corrected chi connectivity index (χ3v) is 7.43. The van der Waals surface area contributed by atoms with Crippen LogP contribution in [0.1, 0.15) is 13.8 Å². The Morgan fingerprint density at radius 2 is 1.69 bits per heavy atom. The molecule has 3 heterocycles. The monoisotopic (exact) mass is 421 g/mol. The highest BCUT2D eigenvalue weighted by molar-refractivity contribution is 7.86. The van der Waals surface area contributed by atoms with E-state index in [0.29, 0.717) is 51.3 Å². The highest BCUT2D eigenvalue weighted by Crippen LogP contribution is 2.19. The molecule has 0 saturated carbocycles. The molecular weight excluding hydrogens is 394 g/mol. The quantitative estimate of drug-likeness (QED) is 0.707. The fraction of sp³-hybridized carbons (Fsp3) is 0.579. The molecule has 0 spiro atoms. The van der Waals surface area contributed by atoms with E-state index in [1.165, 1.54) is 13.3 Å². The highest BCUT2D eigenvalue weighted by atomic mass is 32.2. The van der Waals surface area contributed by atoms with Crippen molar-refractivity contribution in [2.45, 2.75) is 32.7 Å². The van der Waals surface area contributed by atoms with Crippen molar-refractivity contribution in [1.82, 2.24) is 23.3 Å². The van der Waals surface area contributed by atoms with Crippen LogP contribution < -0.4 is 5.56 Å². The van der Waals surface area contributed by atoms with E-state index in [1.807, 2.05) is 32.0 Å². The average molecular weight is 422 g/mol. The SMILES string of the molecule is CC1CN(S(=O)(=O)N2CCN(Cn3ncc4ccccc4c3=O)CC2)CC(C)O1. The summed E-state index contributed by atoms with van der Waals surface area (Å²) in [6.45, 7) is 6.78. The molecule has 2 aliphatic heterocycles. The van der Waals surface area contributed by atoms with Crippen molar-refractivity contribution in [2.75, 3.05) is 39.3 Å². The predicted octanol–water partition coefficient (Wildman–Crippen LogP) is 0.326. The van der Waals surface area contributed by atoms with E-state index >= 15 is 0 Å². The van der Waals surface area contributed by atoms with Crippen LogP contribution in [0.4, 0.5) is 0 Å². The number of aromatic nitrogens is 2. The average Bonchev–Trinajstić information content (AvgIpc) is 2.70. The molecule has 2 aromatic rings. The van der Waals surface area contributed by atoms with Gasteiger partial charge in [0.1, 0.15) is 0 Å². The van der Waals surface area contributed by atoms with Crippen molar-refractivity contribution in [3.05, 3.63) is 40.8 Å². The maximum atomic E-state index is 13.0. The molecule has 2 atom stereocenters. The van der Waals surface area contributed by atoms with Gasteiger partial charge in [0, 0.05) is 44.7 Å². The number of hydrogen-bond acceptors (Lipinski definition) is 6. The van der Waals surface area contributed by atoms with Gasteiger partial charge in [0.2, 0.25) is 0 Å². The van der Waals surface area contributed by atoms with Crippen LogP contribution in [0.25, 0.3) is 10.8 Å². The first-order valence-corrected chi connectivity index (χ1v) is 11.3. The van der Waals surface area contributed by atoms with Crippen molar-refractivity contribution in [2.24, 2.45) is 0 Å². The molecule has 0 amide bonds. The molecule has 4 rings (SSSR count). The second kappa shape index (κ2) is 8.11. The summed E-state index contributed by atoms with van der Waals surface area (Å²) in [5.74, 6) is 0. The first-order valence-electron chi connectivity index (χ1n) is 9.92. The van der Waals surface area contributed by atoms with Crippen LogP contribution in [0.5, 0.6) is 0 Å². The summed E-state index contributed by atoms with van der Waals surface area (Å²) >= 11 is 0. The van der Waals surface area contributed by atoms with E-state index in [-0.39, 0.29) is 17.8 Å². The molecule has 2 unspecified atom stereocenters. The lowest BCUT2D eigenvalue weighted by Crippen LogP contribution is -2.57. The van der Waals surface area contributed by atoms with Gasteiger partial charge in [-0.15, -0.1) is 0 Å². The lowest BCUT2D eigenvalue weighted by Gasteiger charge is -2.40. The van der Waals surface area contributed by atoms with Crippen molar-refractivity contribution in [1.29, 1.82) is 0 Å². The maximum Gasteiger partial charge on any atom is 0.282 e. The third kappa shape index (κ3) is 4.22. The molecule has 0 radical (unpaired) electrons. The molecular formula is C19H27N5O4S. The molecule has 2 saturated heterocycles. The number of ether oxygens (including phenoxy) is 1. The first-order chi connectivity index (χ1) is 13.8. The van der Waals surface area contributed by atoms with E-state index in [2.05, 4.69) is 10.00 Å². The summed E-state index contributed by atoms with van der Waals surface area (Å²) < 4.78 is 36.2. The summed E-state index contributed by atoms with van der Waals surface area (Å²) in [4.78, 5) is 14.7. The van der Waals surface area contributed by atoms with Crippen LogP contribution in [0, 0.1) is 0 Å². The zero-order valence-electron chi connectivity index (χ0n) is 16.8. The van der Waals surface area contributed by atoms with Gasteiger partial charge in [0.25, 0.3) is 15.8 Å². The van der Waals surface area contributed by atoms with Gasteiger partial charge in [-0.3, -0.25) is 9.69 Å². The zero-order chi connectivity index (χ0) is 20.6. The van der Waals surface area contributed by atoms with Gasteiger partial charge in [-0.05, 0) is 19.9 Å². The van der Waals surface area contributed by atoms with Crippen LogP contribution in [0.15, 0.2) is 35.3 Å². The third-order valence-electron chi connectivity index (χ3n) is 5.47. The van der Waals surface area contributed by atoms with Gasteiger partial charge in [-0.25, -0.2) is 4.68 Å². The summed E-state index contributed by atoms with van der Waals surface area (Å²) in [7, 11) is -3.51. The topological polar surface area (TPSA) is 88.0 Å². The number of fused-ring (bicyclic) bond motifs is 1. The Balaban J connectivity index is 1.41. The minimum atomic E-state index is -3.51. The van der Waals surface area contributed by atoms with Gasteiger partial charge in [-0.2, -0.15) is 22.1 Å². The summed E-state index contributed by atoms with van der Waals surface area (Å²) in [6.07, 6.45) is 1.47. The molecule has 0 aliphatic carbocycles. The summed E-state index contributed by atoms with van der Waals surface area (Å²) in [5.41, 5.74) is -0.130. The van der Waals surface area contributed by atoms with E-state index in [0.717, 1.165) is 5.39 Å². The molecule has 9 nitrogen and oxygen atoms in total. The Morgan fingerprint density at radius 1 is 1.03 bits per heavy atom. The Kier molecular flexibility index (Phi) is 5.71. The largest absolute Gasteiger partial charge is 0.373 e. The van der Waals surface area contributed by atoms with Crippen molar-refractivity contribution >= 4 is 21.0 Å². The second-order valence-electron chi connectivity index (χ2n) is 7.78. The molecule has 1 aromatic heterocycles. The summed E-state index contributed by atoms with van der Waals surface area (Å²) in [5, 5.41) is 5.72. The molecule has 0 bridgehead atoms. The molecule has 29 heavy (non-hydrogen) atoms. The van der Waals surface area contributed by atoms with Gasteiger partial charge in [-0.1, -0.05) is 18.2 Å².